The molecule has 37 heavy (non-hydrogen) atoms. The highest BCUT2D eigenvalue weighted by atomic mass is 35.5. The van der Waals surface area contributed by atoms with Crippen molar-refractivity contribution in [2.45, 2.75) is 4.90 Å². The number of benzene rings is 3. The lowest BCUT2D eigenvalue weighted by atomic mass is 10.0. The minimum Gasteiger partial charge on any atom is -0.379 e. The molecule has 1 aliphatic heterocycles. The quantitative estimate of drug-likeness (QED) is 0.330. The first kappa shape index (κ1) is 23.8. The maximum absolute atomic E-state index is 13.0. The van der Waals surface area contributed by atoms with E-state index in [1.165, 1.54) is 4.31 Å². The van der Waals surface area contributed by atoms with E-state index in [1.54, 1.807) is 18.5 Å². The molecule has 3 heterocycles. The van der Waals surface area contributed by atoms with Crippen LogP contribution in [-0.2, 0) is 14.8 Å². The van der Waals surface area contributed by atoms with E-state index in [0.29, 0.717) is 37.1 Å². The lowest BCUT2D eigenvalue weighted by Crippen LogP contribution is -2.40. The molecule has 1 aliphatic rings. The Hall–Kier alpha value is -3.57. The second-order valence-electron chi connectivity index (χ2n) is 8.75. The van der Waals surface area contributed by atoms with Crippen LogP contribution < -0.4 is 4.90 Å². The number of hydrogen-bond donors (Lipinski definition) is 0. The van der Waals surface area contributed by atoms with E-state index in [4.69, 9.17) is 21.3 Å². The van der Waals surface area contributed by atoms with E-state index >= 15 is 0 Å². The molecule has 0 bridgehead atoms. The zero-order valence-corrected chi connectivity index (χ0v) is 21.5. The van der Waals surface area contributed by atoms with Gasteiger partial charge in [0.1, 0.15) is 12.1 Å². The number of nitrogens with zero attached hydrogens (tertiary/aromatic N) is 6. The van der Waals surface area contributed by atoms with Crippen molar-refractivity contribution >= 4 is 49.8 Å². The molecule has 11 heteroatoms. The summed E-state index contributed by atoms with van der Waals surface area (Å²) in [6, 6.07) is 20.6. The second-order valence-corrected chi connectivity index (χ2v) is 11.1. The highest BCUT2D eigenvalue weighted by Crippen LogP contribution is 2.33. The summed E-state index contributed by atoms with van der Waals surface area (Å²) in [5.74, 6) is 1.20. The van der Waals surface area contributed by atoms with E-state index in [1.807, 2.05) is 70.9 Å². The van der Waals surface area contributed by atoms with Crippen LogP contribution in [0.2, 0.25) is 5.02 Å². The lowest BCUT2D eigenvalue weighted by molar-refractivity contribution is 0.0730. The van der Waals surface area contributed by atoms with Crippen LogP contribution in [0.4, 0.5) is 11.5 Å². The standard InChI is InChI=1S/C26H23ClN6O3S/c1-31(25-23-10-7-20(27)16-24(23)33-17-28-30-26(33)29-25)21-4-2-3-19(15-21)18-5-8-22(9-6-18)37(34,35)32-11-13-36-14-12-32/h2-10,15-17H,11-14H2,1H3. The van der Waals surface area contributed by atoms with Gasteiger partial charge in [0.05, 0.1) is 23.6 Å². The van der Waals surface area contributed by atoms with E-state index in [2.05, 4.69) is 10.2 Å². The van der Waals surface area contributed by atoms with Crippen molar-refractivity contribution in [2.75, 3.05) is 38.3 Å². The number of morpholine rings is 1. The monoisotopic (exact) mass is 534 g/mol. The van der Waals surface area contributed by atoms with Gasteiger partial charge in [0.2, 0.25) is 10.0 Å². The summed E-state index contributed by atoms with van der Waals surface area (Å²) in [7, 11) is -1.60. The molecule has 0 amide bonds. The van der Waals surface area contributed by atoms with Crippen molar-refractivity contribution in [3.05, 3.63) is 78.1 Å². The fraction of sp³-hybridized carbons (Fsp3) is 0.192. The number of rotatable bonds is 5. The zero-order valence-electron chi connectivity index (χ0n) is 20.0. The largest absolute Gasteiger partial charge is 0.379 e. The number of ether oxygens (including phenoxy) is 1. The first-order valence-electron chi connectivity index (χ1n) is 11.7. The summed E-state index contributed by atoms with van der Waals surface area (Å²) in [6.07, 6.45) is 1.62. The second kappa shape index (κ2) is 9.38. The number of halogens is 1. The Morgan fingerprint density at radius 1 is 0.973 bits per heavy atom. The van der Waals surface area contributed by atoms with Crippen molar-refractivity contribution in [2.24, 2.45) is 0 Å². The summed E-state index contributed by atoms with van der Waals surface area (Å²) in [6.45, 7) is 1.57. The Labute approximate surface area is 218 Å². The molecule has 5 aromatic rings. The van der Waals surface area contributed by atoms with Crippen LogP contribution in [0.3, 0.4) is 0 Å². The number of fused-ring (bicyclic) bond motifs is 3. The number of sulfonamides is 1. The minimum absolute atomic E-state index is 0.280. The molecule has 0 radical (unpaired) electrons. The summed E-state index contributed by atoms with van der Waals surface area (Å²) in [4.78, 5) is 7.02. The van der Waals surface area contributed by atoms with Gasteiger partial charge in [0.15, 0.2) is 0 Å². The van der Waals surface area contributed by atoms with Crippen LogP contribution in [-0.4, -0.2) is 65.7 Å². The predicted octanol–water partition coefficient (Wildman–Crippen LogP) is 4.39. The Morgan fingerprint density at radius 3 is 2.54 bits per heavy atom. The molecular weight excluding hydrogens is 512 g/mol. The highest BCUT2D eigenvalue weighted by Gasteiger charge is 2.26. The van der Waals surface area contributed by atoms with E-state index < -0.39 is 10.0 Å². The third-order valence-corrected chi connectivity index (χ3v) is 8.69. The predicted molar refractivity (Wildman–Crippen MR) is 143 cm³/mol. The Kier molecular flexibility index (Phi) is 6.04. The molecule has 1 fully saturated rings. The highest BCUT2D eigenvalue weighted by molar-refractivity contribution is 7.89. The average Bonchev–Trinajstić information content (AvgIpc) is 3.42. The van der Waals surface area contributed by atoms with Gasteiger partial charge in [-0.05, 0) is 53.6 Å². The Morgan fingerprint density at radius 2 is 1.76 bits per heavy atom. The van der Waals surface area contributed by atoms with Crippen molar-refractivity contribution in [1.29, 1.82) is 0 Å². The third-order valence-electron chi connectivity index (χ3n) is 6.54. The molecule has 0 spiro atoms. The van der Waals surface area contributed by atoms with Gasteiger partial charge in [-0.1, -0.05) is 35.9 Å². The van der Waals surface area contributed by atoms with Crippen molar-refractivity contribution in [1.82, 2.24) is 23.9 Å². The van der Waals surface area contributed by atoms with E-state index in [9.17, 15) is 8.42 Å². The molecule has 1 saturated heterocycles. The smallest absolute Gasteiger partial charge is 0.257 e. The fourth-order valence-electron chi connectivity index (χ4n) is 4.55. The SMILES string of the molecule is CN(c1cccc(-c2ccc(S(=O)(=O)N3CCOCC3)cc2)c1)c1nc2nncn2c2cc(Cl)ccc12. The van der Waals surface area contributed by atoms with Gasteiger partial charge in [-0.3, -0.25) is 4.40 Å². The van der Waals surface area contributed by atoms with E-state index in [0.717, 1.165) is 33.5 Å². The van der Waals surface area contributed by atoms with Crippen LogP contribution >= 0.6 is 11.6 Å². The Balaban J connectivity index is 1.34. The number of hydrogen-bond acceptors (Lipinski definition) is 7. The molecule has 9 nitrogen and oxygen atoms in total. The summed E-state index contributed by atoms with van der Waals surface area (Å²) >= 11 is 6.27. The molecule has 0 N–H and O–H groups in total. The van der Waals surface area contributed by atoms with Gasteiger partial charge < -0.3 is 9.64 Å². The van der Waals surface area contributed by atoms with Crippen molar-refractivity contribution < 1.29 is 13.2 Å². The Bertz CT molecular complexity index is 1720. The van der Waals surface area contributed by atoms with Gasteiger partial charge in [0, 0.05) is 36.2 Å². The average molecular weight is 535 g/mol. The molecule has 0 atom stereocenters. The molecule has 0 aliphatic carbocycles. The van der Waals surface area contributed by atoms with Crippen LogP contribution in [0, 0.1) is 0 Å². The summed E-state index contributed by atoms with van der Waals surface area (Å²) in [5, 5.41) is 9.65. The fourth-order valence-corrected chi connectivity index (χ4v) is 6.12. The molecule has 2 aromatic heterocycles. The maximum atomic E-state index is 13.0. The van der Waals surface area contributed by atoms with Gasteiger partial charge in [-0.25, -0.2) is 8.42 Å². The van der Waals surface area contributed by atoms with Gasteiger partial charge in [0.25, 0.3) is 5.78 Å². The van der Waals surface area contributed by atoms with Crippen LogP contribution in [0.25, 0.3) is 27.8 Å². The summed E-state index contributed by atoms with van der Waals surface area (Å²) < 4.78 is 34.5. The number of aromatic nitrogens is 4. The van der Waals surface area contributed by atoms with Gasteiger partial charge in [-0.2, -0.15) is 9.29 Å². The van der Waals surface area contributed by atoms with Crippen LogP contribution in [0.1, 0.15) is 0 Å². The van der Waals surface area contributed by atoms with Gasteiger partial charge in [-0.15, -0.1) is 10.2 Å². The lowest BCUT2D eigenvalue weighted by Gasteiger charge is -2.26. The van der Waals surface area contributed by atoms with Crippen LogP contribution in [0.5, 0.6) is 0 Å². The zero-order chi connectivity index (χ0) is 25.6. The minimum atomic E-state index is -3.54. The molecule has 3 aromatic carbocycles. The summed E-state index contributed by atoms with van der Waals surface area (Å²) in [5.41, 5.74) is 3.64. The number of anilines is 2. The van der Waals surface area contributed by atoms with Crippen molar-refractivity contribution in [3.63, 3.8) is 0 Å². The third kappa shape index (κ3) is 4.31. The maximum Gasteiger partial charge on any atom is 0.257 e. The van der Waals surface area contributed by atoms with E-state index in [-0.39, 0.29) is 4.90 Å². The molecule has 0 unspecified atom stereocenters. The topological polar surface area (TPSA) is 92.9 Å². The van der Waals surface area contributed by atoms with Gasteiger partial charge >= 0.3 is 0 Å². The molecule has 0 saturated carbocycles. The van der Waals surface area contributed by atoms with Crippen LogP contribution in [0.15, 0.2) is 78.0 Å². The molecule has 188 valence electrons. The molecule has 6 rings (SSSR count). The van der Waals surface area contributed by atoms with Crippen molar-refractivity contribution in [3.8, 4) is 11.1 Å². The first-order chi connectivity index (χ1) is 17.9. The normalized spacial score (nSPS) is 14.9. The first-order valence-corrected chi connectivity index (χ1v) is 13.5. The molecular formula is C26H23ClN6O3S.